The Labute approximate surface area is 103 Å². The molecule has 0 saturated carbocycles. The second-order valence-electron chi connectivity index (χ2n) is 4.73. The van der Waals surface area contributed by atoms with Crippen molar-refractivity contribution in [3.05, 3.63) is 0 Å². The first-order chi connectivity index (χ1) is 8.29. The van der Waals surface area contributed by atoms with Crippen LogP contribution in [0.2, 0.25) is 0 Å². The average molecular weight is 269 g/mol. The fraction of sp³-hybridized carbons (Fsp3) is 0.909. The lowest BCUT2D eigenvalue weighted by atomic mass is 9.92. The normalized spacial score (nSPS) is 20.9. The highest BCUT2D eigenvalue weighted by molar-refractivity contribution is 5.66. The van der Waals surface area contributed by atoms with Crippen LogP contribution in [0.5, 0.6) is 0 Å². The number of aliphatic hydroxyl groups is 1. The highest BCUT2D eigenvalue weighted by Crippen LogP contribution is 2.25. The van der Waals surface area contributed by atoms with E-state index in [0.717, 1.165) is 0 Å². The van der Waals surface area contributed by atoms with Gasteiger partial charge in [0.05, 0.1) is 0 Å². The number of alkyl halides is 3. The van der Waals surface area contributed by atoms with Crippen molar-refractivity contribution >= 4 is 5.97 Å². The Kier molecular flexibility index (Phi) is 5.40. The van der Waals surface area contributed by atoms with Crippen molar-refractivity contribution in [1.29, 1.82) is 0 Å². The first kappa shape index (κ1) is 15.2. The van der Waals surface area contributed by atoms with Gasteiger partial charge in [-0.1, -0.05) is 0 Å². The van der Waals surface area contributed by atoms with E-state index >= 15 is 0 Å². The monoisotopic (exact) mass is 269 g/mol. The molecule has 7 heteroatoms. The quantitative estimate of drug-likeness (QED) is 0.793. The third-order valence-electron chi connectivity index (χ3n) is 3.28. The van der Waals surface area contributed by atoms with Crippen LogP contribution in [-0.4, -0.2) is 53.0 Å². The van der Waals surface area contributed by atoms with Gasteiger partial charge in [0, 0.05) is 13.0 Å². The molecule has 0 amide bonds. The summed E-state index contributed by atoms with van der Waals surface area (Å²) in [6, 6.07) is 0. The van der Waals surface area contributed by atoms with Crippen molar-refractivity contribution in [1.82, 2.24) is 4.90 Å². The molecule has 0 bridgehead atoms. The van der Waals surface area contributed by atoms with E-state index in [9.17, 15) is 18.0 Å². The lowest BCUT2D eigenvalue weighted by Gasteiger charge is -2.33. The Morgan fingerprint density at radius 1 is 1.33 bits per heavy atom. The highest BCUT2D eigenvalue weighted by atomic mass is 19.4. The van der Waals surface area contributed by atoms with Crippen molar-refractivity contribution in [2.75, 3.05) is 19.6 Å². The molecule has 0 radical (unpaired) electrons. The summed E-state index contributed by atoms with van der Waals surface area (Å²) < 4.78 is 36.4. The minimum absolute atomic E-state index is 0.107. The van der Waals surface area contributed by atoms with Crippen molar-refractivity contribution < 1.29 is 28.2 Å². The Bertz CT molecular complexity index is 275. The first-order valence-corrected chi connectivity index (χ1v) is 5.98. The Morgan fingerprint density at radius 2 is 1.89 bits per heavy atom. The molecule has 0 spiro atoms. The molecule has 1 atom stereocenters. The number of β-amino-alcohol motifs (C(OH)–C–C–N with tert-alkyl or cyclic N) is 1. The summed E-state index contributed by atoms with van der Waals surface area (Å²) in [5.74, 6) is -0.578. The van der Waals surface area contributed by atoms with Crippen molar-refractivity contribution in [2.45, 2.75) is 38.0 Å². The maximum Gasteiger partial charge on any atom is 0.415 e. The number of piperidine rings is 1. The van der Waals surface area contributed by atoms with E-state index in [0.29, 0.717) is 32.4 Å². The maximum absolute atomic E-state index is 12.1. The molecule has 0 aromatic carbocycles. The number of hydrogen-bond acceptors (Lipinski definition) is 3. The van der Waals surface area contributed by atoms with Crippen LogP contribution in [0.15, 0.2) is 0 Å². The molecule has 1 rings (SSSR count). The molecular formula is C11H18F3NO3. The fourth-order valence-electron chi connectivity index (χ4n) is 2.13. The van der Waals surface area contributed by atoms with E-state index in [1.165, 1.54) is 0 Å². The van der Waals surface area contributed by atoms with Crippen LogP contribution < -0.4 is 0 Å². The van der Waals surface area contributed by atoms with Gasteiger partial charge >= 0.3 is 12.1 Å². The zero-order valence-corrected chi connectivity index (χ0v) is 9.99. The van der Waals surface area contributed by atoms with Gasteiger partial charge in [0.1, 0.15) is 0 Å². The predicted molar refractivity (Wildman–Crippen MR) is 58.1 cm³/mol. The van der Waals surface area contributed by atoms with Crippen molar-refractivity contribution in [2.24, 2.45) is 5.92 Å². The number of carbonyl (C=O) groups is 1. The highest BCUT2D eigenvalue weighted by Gasteiger charge is 2.39. The smallest absolute Gasteiger partial charge is 0.415 e. The lowest BCUT2D eigenvalue weighted by molar-refractivity contribution is -0.208. The molecule has 1 saturated heterocycles. The summed E-state index contributed by atoms with van der Waals surface area (Å²) in [5.41, 5.74) is 0. The second kappa shape index (κ2) is 6.38. The van der Waals surface area contributed by atoms with Crippen LogP contribution in [-0.2, 0) is 4.79 Å². The van der Waals surface area contributed by atoms with Gasteiger partial charge in [-0.15, -0.1) is 0 Å². The molecule has 1 fully saturated rings. The van der Waals surface area contributed by atoms with Crippen LogP contribution >= 0.6 is 0 Å². The minimum Gasteiger partial charge on any atom is -0.481 e. The average Bonchev–Trinajstić information content (AvgIpc) is 2.26. The van der Waals surface area contributed by atoms with Gasteiger partial charge in [0.15, 0.2) is 6.10 Å². The molecule has 1 unspecified atom stereocenters. The summed E-state index contributed by atoms with van der Waals surface area (Å²) >= 11 is 0. The third kappa shape index (κ3) is 5.22. The number of carboxylic acid groups (broad SMARTS) is 1. The number of carboxylic acids is 1. The van der Waals surface area contributed by atoms with E-state index in [1.807, 2.05) is 0 Å². The topological polar surface area (TPSA) is 60.8 Å². The van der Waals surface area contributed by atoms with Gasteiger partial charge in [-0.3, -0.25) is 4.79 Å². The fourth-order valence-corrected chi connectivity index (χ4v) is 2.13. The molecule has 0 aromatic rings. The predicted octanol–water partition coefficient (Wildman–Crippen LogP) is 1.49. The number of aliphatic hydroxyl groups excluding tert-OH is 1. The van der Waals surface area contributed by atoms with E-state index in [-0.39, 0.29) is 12.3 Å². The Hall–Kier alpha value is -0.820. The molecule has 18 heavy (non-hydrogen) atoms. The van der Waals surface area contributed by atoms with Crippen LogP contribution in [0, 0.1) is 5.92 Å². The number of rotatable bonds is 5. The zero-order chi connectivity index (χ0) is 13.8. The molecule has 1 aliphatic rings. The summed E-state index contributed by atoms with van der Waals surface area (Å²) in [6.07, 6.45) is -4.80. The molecular weight excluding hydrogens is 251 g/mol. The Morgan fingerprint density at radius 3 is 2.33 bits per heavy atom. The first-order valence-electron chi connectivity index (χ1n) is 5.98. The number of hydrogen-bond donors (Lipinski definition) is 2. The Balaban J connectivity index is 2.25. The van der Waals surface area contributed by atoms with Crippen LogP contribution in [0.4, 0.5) is 13.2 Å². The van der Waals surface area contributed by atoms with E-state index in [4.69, 9.17) is 10.2 Å². The van der Waals surface area contributed by atoms with E-state index in [1.54, 1.807) is 4.90 Å². The largest absolute Gasteiger partial charge is 0.481 e. The van der Waals surface area contributed by atoms with Gasteiger partial charge in [-0.05, 0) is 38.3 Å². The summed E-state index contributed by atoms with van der Waals surface area (Å²) in [6.45, 7) is 0.573. The van der Waals surface area contributed by atoms with Crippen LogP contribution in [0.3, 0.4) is 0 Å². The molecule has 2 N–H and O–H groups in total. The van der Waals surface area contributed by atoms with Gasteiger partial charge in [0.2, 0.25) is 0 Å². The van der Waals surface area contributed by atoms with Gasteiger partial charge in [0.25, 0.3) is 0 Å². The van der Waals surface area contributed by atoms with Crippen molar-refractivity contribution in [3.8, 4) is 0 Å². The minimum atomic E-state index is -4.57. The van der Waals surface area contributed by atoms with Crippen LogP contribution in [0.1, 0.15) is 25.7 Å². The lowest BCUT2D eigenvalue weighted by Crippen LogP contribution is -2.44. The van der Waals surface area contributed by atoms with Gasteiger partial charge in [-0.2, -0.15) is 13.2 Å². The van der Waals surface area contributed by atoms with Gasteiger partial charge in [-0.25, -0.2) is 0 Å². The summed E-state index contributed by atoms with van der Waals surface area (Å²) in [5, 5.41) is 17.5. The number of halogens is 3. The van der Waals surface area contributed by atoms with Crippen LogP contribution in [0.25, 0.3) is 0 Å². The van der Waals surface area contributed by atoms with Crippen molar-refractivity contribution in [3.63, 3.8) is 0 Å². The SMILES string of the molecule is O=C(O)CCC1CCN(CC(O)C(F)(F)F)CC1. The third-order valence-corrected chi connectivity index (χ3v) is 3.28. The molecule has 0 aliphatic carbocycles. The second-order valence-corrected chi connectivity index (χ2v) is 4.73. The zero-order valence-electron chi connectivity index (χ0n) is 9.99. The summed E-state index contributed by atoms with van der Waals surface area (Å²) in [4.78, 5) is 12.0. The molecule has 106 valence electrons. The number of likely N-dealkylation sites (tertiary alicyclic amines) is 1. The maximum atomic E-state index is 12.1. The molecule has 4 nitrogen and oxygen atoms in total. The molecule has 1 heterocycles. The molecule has 0 aromatic heterocycles. The summed E-state index contributed by atoms with van der Waals surface area (Å²) in [7, 11) is 0. The standard InChI is InChI=1S/C11H18F3NO3/c12-11(13,14)9(16)7-15-5-3-8(4-6-15)1-2-10(17)18/h8-9,16H,1-7H2,(H,17,18). The van der Waals surface area contributed by atoms with Gasteiger partial charge < -0.3 is 15.1 Å². The number of nitrogens with zero attached hydrogens (tertiary/aromatic N) is 1. The van der Waals surface area contributed by atoms with E-state index < -0.39 is 24.8 Å². The molecule has 1 aliphatic heterocycles. The van der Waals surface area contributed by atoms with E-state index in [2.05, 4.69) is 0 Å². The number of aliphatic carboxylic acids is 1.